The standard InChI is InChI=1S/C12H18N4/c1-8-10(13)15-7-16-11(8)14-6-12(4-5-12)9-2-3-9/h7,9H,2-6H2,1H3,(H3,13,14,15,16). The van der Waals surface area contributed by atoms with Crippen molar-refractivity contribution in [1.82, 2.24) is 9.97 Å². The van der Waals surface area contributed by atoms with Crippen molar-refractivity contribution in [3.05, 3.63) is 11.9 Å². The molecule has 1 heterocycles. The SMILES string of the molecule is Cc1c(N)ncnc1NCC1(C2CC2)CC1. The molecule has 2 fully saturated rings. The second-order valence-corrected chi connectivity index (χ2v) is 5.22. The molecule has 0 radical (unpaired) electrons. The van der Waals surface area contributed by atoms with Crippen LogP contribution in [-0.2, 0) is 0 Å². The van der Waals surface area contributed by atoms with E-state index in [0.29, 0.717) is 11.2 Å². The fourth-order valence-electron chi connectivity index (χ4n) is 2.49. The molecule has 3 rings (SSSR count). The second kappa shape index (κ2) is 3.34. The first-order valence-electron chi connectivity index (χ1n) is 6.02. The Bertz CT molecular complexity index is 407. The van der Waals surface area contributed by atoms with Crippen LogP contribution in [0, 0.1) is 18.3 Å². The van der Waals surface area contributed by atoms with Crippen molar-refractivity contribution in [2.24, 2.45) is 11.3 Å². The van der Waals surface area contributed by atoms with E-state index in [0.717, 1.165) is 23.8 Å². The van der Waals surface area contributed by atoms with E-state index in [1.54, 1.807) is 0 Å². The molecule has 4 nitrogen and oxygen atoms in total. The molecule has 2 aliphatic carbocycles. The molecule has 86 valence electrons. The van der Waals surface area contributed by atoms with Gasteiger partial charge in [-0.25, -0.2) is 9.97 Å². The van der Waals surface area contributed by atoms with Gasteiger partial charge in [0.2, 0.25) is 0 Å². The van der Waals surface area contributed by atoms with Gasteiger partial charge >= 0.3 is 0 Å². The summed E-state index contributed by atoms with van der Waals surface area (Å²) in [5, 5.41) is 3.45. The van der Waals surface area contributed by atoms with Crippen molar-refractivity contribution in [2.75, 3.05) is 17.6 Å². The molecule has 0 bridgehead atoms. The van der Waals surface area contributed by atoms with Gasteiger partial charge in [-0.3, -0.25) is 0 Å². The van der Waals surface area contributed by atoms with Crippen LogP contribution in [0.2, 0.25) is 0 Å². The molecular weight excluding hydrogens is 200 g/mol. The maximum Gasteiger partial charge on any atom is 0.134 e. The Labute approximate surface area is 95.7 Å². The molecule has 2 saturated carbocycles. The zero-order valence-corrected chi connectivity index (χ0v) is 9.66. The van der Waals surface area contributed by atoms with Gasteiger partial charge in [0.15, 0.2) is 0 Å². The third kappa shape index (κ3) is 1.62. The summed E-state index contributed by atoms with van der Waals surface area (Å²) in [4.78, 5) is 8.22. The lowest BCUT2D eigenvalue weighted by Crippen LogP contribution is -2.19. The molecule has 0 saturated heterocycles. The fraction of sp³-hybridized carbons (Fsp3) is 0.667. The lowest BCUT2D eigenvalue weighted by Gasteiger charge is -2.16. The lowest BCUT2D eigenvalue weighted by molar-refractivity contribution is 0.466. The van der Waals surface area contributed by atoms with E-state index in [1.807, 2.05) is 6.92 Å². The fourth-order valence-corrected chi connectivity index (χ4v) is 2.49. The highest BCUT2D eigenvalue weighted by Gasteiger charge is 2.53. The molecule has 0 aromatic carbocycles. The molecule has 16 heavy (non-hydrogen) atoms. The first-order chi connectivity index (χ1) is 7.71. The van der Waals surface area contributed by atoms with Crippen LogP contribution >= 0.6 is 0 Å². The average Bonchev–Trinajstić information content (AvgIpc) is 3.14. The van der Waals surface area contributed by atoms with Gasteiger partial charge in [-0.2, -0.15) is 0 Å². The third-order valence-corrected chi connectivity index (χ3v) is 4.07. The number of nitrogens with zero attached hydrogens (tertiary/aromatic N) is 2. The van der Waals surface area contributed by atoms with Crippen LogP contribution in [0.3, 0.4) is 0 Å². The normalized spacial score (nSPS) is 21.8. The number of nitrogens with two attached hydrogens (primary N) is 1. The van der Waals surface area contributed by atoms with E-state index in [4.69, 9.17) is 5.73 Å². The molecule has 0 aliphatic heterocycles. The maximum atomic E-state index is 5.76. The first-order valence-corrected chi connectivity index (χ1v) is 6.02. The van der Waals surface area contributed by atoms with Gasteiger partial charge in [-0.05, 0) is 43.9 Å². The number of hydrogen-bond donors (Lipinski definition) is 2. The minimum Gasteiger partial charge on any atom is -0.383 e. The van der Waals surface area contributed by atoms with Gasteiger partial charge in [-0.15, -0.1) is 0 Å². The van der Waals surface area contributed by atoms with E-state index >= 15 is 0 Å². The Hall–Kier alpha value is -1.32. The first kappa shape index (κ1) is 9.87. The van der Waals surface area contributed by atoms with Gasteiger partial charge in [-0.1, -0.05) is 0 Å². The van der Waals surface area contributed by atoms with Crippen LogP contribution in [0.1, 0.15) is 31.2 Å². The number of hydrogen-bond acceptors (Lipinski definition) is 4. The van der Waals surface area contributed by atoms with E-state index < -0.39 is 0 Å². The second-order valence-electron chi connectivity index (χ2n) is 5.22. The number of nitrogen functional groups attached to an aromatic ring is 1. The Morgan fingerprint density at radius 3 is 2.81 bits per heavy atom. The zero-order valence-electron chi connectivity index (χ0n) is 9.66. The highest BCUT2D eigenvalue weighted by molar-refractivity contribution is 5.54. The predicted octanol–water partition coefficient (Wildman–Crippen LogP) is 1.97. The number of rotatable bonds is 4. The van der Waals surface area contributed by atoms with Crippen LogP contribution in [0.15, 0.2) is 6.33 Å². The quantitative estimate of drug-likeness (QED) is 0.811. The monoisotopic (exact) mass is 218 g/mol. The summed E-state index contributed by atoms with van der Waals surface area (Å²) in [5.41, 5.74) is 7.31. The number of anilines is 2. The molecule has 2 aliphatic rings. The van der Waals surface area contributed by atoms with E-state index in [-0.39, 0.29) is 0 Å². The van der Waals surface area contributed by atoms with Crippen molar-refractivity contribution in [3.8, 4) is 0 Å². The largest absolute Gasteiger partial charge is 0.383 e. The molecular formula is C12H18N4. The summed E-state index contributed by atoms with van der Waals surface area (Å²) in [6, 6.07) is 0. The van der Waals surface area contributed by atoms with E-state index in [2.05, 4.69) is 15.3 Å². The van der Waals surface area contributed by atoms with Gasteiger partial charge in [0.25, 0.3) is 0 Å². The minimum absolute atomic E-state index is 0.578. The van der Waals surface area contributed by atoms with Crippen molar-refractivity contribution in [2.45, 2.75) is 32.6 Å². The molecule has 0 spiro atoms. The summed E-state index contributed by atoms with van der Waals surface area (Å²) in [5.74, 6) is 2.45. The van der Waals surface area contributed by atoms with Crippen LogP contribution in [-0.4, -0.2) is 16.5 Å². The number of aromatic nitrogens is 2. The smallest absolute Gasteiger partial charge is 0.134 e. The highest BCUT2D eigenvalue weighted by Crippen LogP contribution is 2.61. The van der Waals surface area contributed by atoms with Gasteiger partial charge in [0.1, 0.15) is 18.0 Å². The third-order valence-electron chi connectivity index (χ3n) is 4.07. The van der Waals surface area contributed by atoms with Crippen LogP contribution in [0.25, 0.3) is 0 Å². The molecule has 4 heteroatoms. The van der Waals surface area contributed by atoms with Crippen molar-refractivity contribution < 1.29 is 0 Å². The summed E-state index contributed by atoms with van der Waals surface area (Å²) < 4.78 is 0. The van der Waals surface area contributed by atoms with E-state index in [1.165, 1.54) is 32.0 Å². The molecule has 3 N–H and O–H groups in total. The number of nitrogens with one attached hydrogen (secondary N) is 1. The van der Waals surface area contributed by atoms with E-state index in [9.17, 15) is 0 Å². The summed E-state index contributed by atoms with van der Waals surface area (Å²) in [6.07, 6.45) is 7.13. The predicted molar refractivity (Wildman–Crippen MR) is 64.1 cm³/mol. The molecule has 0 amide bonds. The summed E-state index contributed by atoms with van der Waals surface area (Å²) >= 11 is 0. The minimum atomic E-state index is 0.578. The van der Waals surface area contributed by atoms with Crippen LogP contribution in [0.4, 0.5) is 11.6 Å². The Balaban J connectivity index is 1.68. The lowest BCUT2D eigenvalue weighted by atomic mass is 10.0. The van der Waals surface area contributed by atoms with Crippen molar-refractivity contribution >= 4 is 11.6 Å². The Morgan fingerprint density at radius 1 is 1.44 bits per heavy atom. The summed E-state index contributed by atoms with van der Waals surface area (Å²) in [7, 11) is 0. The molecule has 0 unspecified atom stereocenters. The zero-order chi connectivity index (χ0) is 11.2. The summed E-state index contributed by atoms with van der Waals surface area (Å²) in [6.45, 7) is 3.02. The average molecular weight is 218 g/mol. The topological polar surface area (TPSA) is 63.8 Å². The van der Waals surface area contributed by atoms with Crippen molar-refractivity contribution in [3.63, 3.8) is 0 Å². The van der Waals surface area contributed by atoms with Gasteiger partial charge in [0.05, 0.1) is 0 Å². The van der Waals surface area contributed by atoms with Gasteiger partial charge in [0, 0.05) is 12.1 Å². The molecule has 0 atom stereocenters. The van der Waals surface area contributed by atoms with Crippen molar-refractivity contribution in [1.29, 1.82) is 0 Å². The Kier molecular flexibility index (Phi) is 2.06. The van der Waals surface area contributed by atoms with Gasteiger partial charge < -0.3 is 11.1 Å². The molecule has 1 aromatic rings. The molecule has 1 aromatic heterocycles. The van der Waals surface area contributed by atoms with Crippen LogP contribution < -0.4 is 11.1 Å². The highest BCUT2D eigenvalue weighted by atomic mass is 15.0. The maximum absolute atomic E-state index is 5.76. The van der Waals surface area contributed by atoms with Crippen LogP contribution in [0.5, 0.6) is 0 Å². The Morgan fingerprint density at radius 2 is 2.19 bits per heavy atom.